The number of alkyl carbamates (subject to hydrolysis) is 1. The summed E-state index contributed by atoms with van der Waals surface area (Å²) in [6.45, 7) is 11.3. The van der Waals surface area contributed by atoms with Gasteiger partial charge in [-0.05, 0) is 46.0 Å². The van der Waals surface area contributed by atoms with E-state index in [2.05, 4.69) is 22.5 Å². The summed E-state index contributed by atoms with van der Waals surface area (Å²) in [5.74, 6) is 2.04. The molecule has 0 radical (unpaired) electrons. The molecule has 2 atom stereocenters. The largest absolute Gasteiger partial charge is 0.450 e. The minimum atomic E-state index is -0.336. The summed E-state index contributed by atoms with van der Waals surface area (Å²) in [5, 5.41) is 6.36. The van der Waals surface area contributed by atoms with E-state index in [1.165, 1.54) is 0 Å². The Balaban J connectivity index is 0.00000338. The number of hydrogen-bond donors (Lipinski definition) is 2. The molecule has 1 heterocycles. The molecule has 0 aromatic heterocycles. The molecule has 2 aliphatic rings. The topological polar surface area (TPSA) is 75.2 Å². The number of likely N-dealkylation sites (tertiary alicyclic amines) is 1. The summed E-state index contributed by atoms with van der Waals surface area (Å²) in [7, 11) is 0. The first-order valence-corrected chi connectivity index (χ1v) is 9.72. The molecule has 1 saturated heterocycles. The predicted octanol–water partition coefficient (Wildman–Crippen LogP) is 2.45. The van der Waals surface area contributed by atoms with Crippen molar-refractivity contribution in [1.82, 2.24) is 15.5 Å². The van der Waals surface area contributed by atoms with E-state index < -0.39 is 0 Å². The zero-order chi connectivity index (χ0) is 18.1. The van der Waals surface area contributed by atoms with E-state index in [0.717, 1.165) is 58.1 Å². The smallest absolute Gasteiger partial charge is 0.407 e. The number of aliphatic imine (C=N–C) groups is 1. The van der Waals surface area contributed by atoms with Crippen LogP contribution in [0, 0.1) is 11.8 Å². The lowest BCUT2D eigenvalue weighted by Gasteiger charge is -2.23. The van der Waals surface area contributed by atoms with E-state index in [4.69, 9.17) is 14.5 Å². The molecule has 1 amide bonds. The number of nitrogens with one attached hydrogen (secondary N) is 2. The highest BCUT2D eigenvalue weighted by atomic mass is 127. The number of carbonyl (C=O) groups excluding carboxylic acids is 1. The highest BCUT2D eigenvalue weighted by molar-refractivity contribution is 14.0. The Kier molecular flexibility index (Phi) is 11.3. The third-order valence-electron chi connectivity index (χ3n) is 4.69. The van der Waals surface area contributed by atoms with Crippen LogP contribution in [0.25, 0.3) is 0 Å². The van der Waals surface area contributed by atoms with E-state index in [-0.39, 0.29) is 36.1 Å². The first-order chi connectivity index (χ1) is 12.2. The molecule has 2 N–H and O–H groups in total. The Morgan fingerprint density at radius 2 is 2.00 bits per heavy atom. The number of carbonyl (C=O) groups is 1. The Labute approximate surface area is 174 Å². The first kappa shape index (κ1) is 23.3. The number of guanidine groups is 1. The minimum Gasteiger partial charge on any atom is -0.450 e. The number of halogens is 1. The average molecular weight is 482 g/mol. The number of hydrogen-bond acceptors (Lipinski definition) is 4. The van der Waals surface area contributed by atoms with Gasteiger partial charge in [0.15, 0.2) is 5.96 Å². The maximum absolute atomic E-state index is 11.7. The van der Waals surface area contributed by atoms with Gasteiger partial charge < -0.3 is 25.0 Å². The summed E-state index contributed by atoms with van der Waals surface area (Å²) in [4.78, 5) is 18.8. The van der Waals surface area contributed by atoms with Gasteiger partial charge in [-0.3, -0.25) is 4.99 Å². The molecule has 26 heavy (non-hydrogen) atoms. The molecule has 1 aliphatic carbocycles. The van der Waals surface area contributed by atoms with E-state index >= 15 is 0 Å². The standard InChI is InChI=1S/C18H34N4O3.HI/c1-4-19-17(22-10-9-14(12-22)13-24-5-2)20-11-16(15-7-8-15)21-18(23)25-6-3;/h14-16H,4-13H2,1-3H3,(H,19,20)(H,21,23);1H. The zero-order valence-electron chi connectivity index (χ0n) is 16.3. The highest BCUT2D eigenvalue weighted by Gasteiger charge is 2.33. The van der Waals surface area contributed by atoms with Crippen LogP contribution in [0.3, 0.4) is 0 Å². The molecule has 2 unspecified atom stereocenters. The molecular weight excluding hydrogens is 447 g/mol. The van der Waals surface area contributed by atoms with E-state index in [1.54, 1.807) is 0 Å². The maximum Gasteiger partial charge on any atom is 0.407 e. The van der Waals surface area contributed by atoms with Crippen molar-refractivity contribution in [3.05, 3.63) is 0 Å². The minimum absolute atomic E-state index is 0. The van der Waals surface area contributed by atoms with Crippen LogP contribution in [0.1, 0.15) is 40.0 Å². The van der Waals surface area contributed by atoms with Gasteiger partial charge in [-0.1, -0.05) is 0 Å². The molecule has 0 aromatic carbocycles. The molecule has 0 bridgehead atoms. The van der Waals surface area contributed by atoms with E-state index in [0.29, 0.717) is 25.0 Å². The summed E-state index contributed by atoms with van der Waals surface area (Å²) < 4.78 is 10.6. The van der Waals surface area contributed by atoms with Gasteiger partial charge in [0.05, 0.1) is 25.8 Å². The van der Waals surface area contributed by atoms with Crippen molar-refractivity contribution >= 4 is 36.0 Å². The lowest BCUT2D eigenvalue weighted by atomic mass is 10.1. The SMILES string of the molecule is CCNC(=NCC(NC(=O)OCC)C1CC1)N1CCC(COCC)C1.I. The second-order valence-corrected chi connectivity index (χ2v) is 6.76. The first-order valence-electron chi connectivity index (χ1n) is 9.72. The fraction of sp³-hybridized carbons (Fsp3) is 0.889. The third kappa shape index (κ3) is 7.85. The van der Waals surface area contributed by atoms with Crippen LogP contribution in [-0.2, 0) is 9.47 Å². The van der Waals surface area contributed by atoms with Gasteiger partial charge >= 0.3 is 6.09 Å². The summed E-state index contributed by atoms with van der Waals surface area (Å²) in [6, 6.07) is 0.0644. The molecule has 2 rings (SSSR count). The molecule has 1 aliphatic heterocycles. The van der Waals surface area contributed by atoms with Crippen LogP contribution in [-0.4, -0.2) is 69.0 Å². The molecule has 152 valence electrons. The average Bonchev–Trinajstić information content (AvgIpc) is 3.34. The molecule has 0 spiro atoms. The summed E-state index contributed by atoms with van der Waals surface area (Å²) in [6.07, 6.45) is 3.11. The molecule has 1 saturated carbocycles. The molecule has 7 nitrogen and oxygen atoms in total. The highest BCUT2D eigenvalue weighted by Crippen LogP contribution is 2.33. The number of rotatable bonds is 9. The van der Waals surface area contributed by atoms with Gasteiger partial charge in [0.1, 0.15) is 0 Å². The molecule has 2 fully saturated rings. The quantitative estimate of drug-likeness (QED) is 0.300. The fourth-order valence-electron chi connectivity index (χ4n) is 3.19. The van der Waals surface area contributed by atoms with Crippen molar-refractivity contribution in [2.24, 2.45) is 16.8 Å². The van der Waals surface area contributed by atoms with Gasteiger partial charge in [-0.25, -0.2) is 4.79 Å². The lowest BCUT2D eigenvalue weighted by molar-refractivity contribution is 0.114. The van der Waals surface area contributed by atoms with Gasteiger partial charge in [0.25, 0.3) is 0 Å². The fourth-order valence-corrected chi connectivity index (χ4v) is 3.19. The van der Waals surface area contributed by atoms with Crippen LogP contribution in [0.4, 0.5) is 4.79 Å². The maximum atomic E-state index is 11.7. The second-order valence-electron chi connectivity index (χ2n) is 6.76. The number of ether oxygens (including phenoxy) is 2. The van der Waals surface area contributed by atoms with Gasteiger partial charge in [-0.15, -0.1) is 24.0 Å². The molecular formula is C18H35IN4O3. The van der Waals surface area contributed by atoms with Crippen LogP contribution in [0.2, 0.25) is 0 Å². The van der Waals surface area contributed by atoms with Crippen molar-refractivity contribution in [2.45, 2.75) is 46.1 Å². The Morgan fingerprint density at radius 3 is 2.62 bits per heavy atom. The van der Waals surface area contributed by atoms with Crippen molar-refractivity contribution in [3.8, 4) is 0 Å². The molecule has 8 heteroatoms. The summed E-state index contributed by atoms with van der Waals surface area (Å²) in [5.41, 5.74) is 0. The Hall–Kier alpha value is -0.770. The van der Waals surface area contributed by atoms with Gasteiger partial charge in [0, 0.05) is 32.2 Å². The van der Waals surface area contributed by atoms with Gasteiger partial charge in [-0.2, -0.15) is 0 Å². The van der Waals surface area contributed by atoms with E-state index in [9.17, 15) is 4.79 Å². The Bertz CT molecular complexity index is 446. The van der Waals surface area contributed by atoms with Crippen molar-refractivity contribution in [3.63, 3.8) is 0 Å². The van der Waals surface area contributed by atoms with Crippen molar-refractivity contribution in [2.75, 3.05) is 46.0 Å². The molecule has 0 aromatic rings. The normalized spacial score (nSPS) is 21.1. The van der Waals surface area contributed by atoms with Crippen molar-refractivity contribution in [1.29, 1.82) is 0 Å². The zero-order valence-corrected chi connectivity index (χ0v) is 18.7. The van der Waals surface area contributed by atoms with Gasteiger partial charge in [0.2, 0.25) is 0 Å². The summed E-state index contributed by atoms with van der Waals surface area (Å²) >= 11 is 0. The Morgan fingerprint density at radius 1 is 1.23 bits per heavy atom. The van der Waals surface area contributed by atoms with Crippen LogP contribution in [0.15, 0.2) is 4.99 Å². The van der Waals surface area contributed by atoms with Crippen molar-refractivity contribution < 1.29 is 14.3 Å². The van der Waals surface area contributed by atoms with Crippen LogP contribution in [0.5, 0.6) is 0 Å². The monoisotopic (exact) mass is 482 g/mol. The second kappa shape index (κ2) is 12.6. The predicted molar refractivity (Wildman–Crippen MR) is 114 cm³/mol. The third-order valence-corrected chi connectivity index (χ3v) is 4.69. The number of nitrogens with zero attached hydrogens (tertiary/aromatic N) is 2. The van der Waals surface area contributed by atoms with Crippen LogP contribution < -0.4 is 10.6 Å². The lowest BCUT2D eigenvalue weighted by Crippen LogP contribution is -2.43. The van der Waals surface area contributed by atoms with Crippen LogP contribution >= 0.6 is 24.0 Å². The van der Waals surface area contributed by atoms with E-state index in [1.807, 2.05) is 13.8 Å². The number of amides is 1.